The molecule has 0 saturated heterocycles. The number of hydrogen-bond acceptors (Lipinski definition) is 5. The van der Waals surface area contributed by atoms with Gasteiger partial charge in [0, 0.05) is 31.7 Å². The van der Waals surface area contributed by atoms with Gasteiger partial charge in [0.25, 0.3) is 0 Å². The molecule has 4 rings (SSSR count). The normalized spacial score (nSPS) is 18.2. The van der Waals surface area contributed by atoms with Gasteiger partial charge in [0.1, 0.15) is 11.4 Å². The Morgan fingerprint density at radius 1 is 1.11 bits per heavy atom. The summed E-state index contributed by atoms with van der Waals surface area (Å²) in [5.41, 5.74) is 3.37. The number of rotatable bonds is 6. The monoisotopic (exact) mass is 521 g/mol. The second-order valence-electron chi connectivity index (χ2n) is 11.4. The summed E-state index contributed by atoms with van der Waals surface area (Å²) in [7, 11) is 0. The van der Waals surface area contributed by atoms with Crippen molar-refractivity contribution in [1.82, 2.24) is 9.88 Å². The minimum Gasteiger partial charge on any atom is -0.481 e. The zero-order valence-electron chi connectivity index (χ0n) is 22.9. The predicted octanol–water partition coefficient (Wildman–Crippen LogP) is 5.33. The van der Waals surface area contributed by atoms with E-state index in [1.165, 1.54) is 0 Å². The molecule has 0 saturated carbocycles. The zero-order valence-corrected chi connectivity index (χ0v) is 22.9. The fourth-order valence-corrected chi connectivity index (χ4v) is 5.37. The van der Waals surface area contributed by atoms with Crippen LogP contribution in [0.25, 0.3) is 0 Å². The lowest BCUT2D eigenvalue weighted by atomic mass is 9.83. The van der Waals surface area contributed by atoms with Gasteiger partial charge >= 0.3 is 12.1 Å². The molecular weight excluding hydrogens is 482 g/mol. The highest BCUT2D eigenvalue weighted by Crippen LogP contribution is 2.35. The molecule has 2 unspecified atom stereocenters. The van der Waals surface area contributed by atoms with Crippen LogP contribution in [0.4, 0.5) is 10.6 Å². The van der Waals surface area contributed by atoms with Crippen molar-refractivity contribution >= 4 is 23.8 Å². The maximum atomic E-state index is 13.2. The number of pyridine rings is 1. The van der Waals surface area contributed by atoms with Crippen molar-refractivity contribution in [2.75, 3.05) is 18.0 Å². The molecule has 0 radical (unpaired) electrons. The lowest BCUT2D eigenvalue weighted by Crippen LogP contribution is -2.40. The summed E-state index contributed by atoms with van der Waals surface area (Å²) >= 11 is 0. The average molecular weight is 522 g/mol. The number of ether oxygens (including phenoxy) is 1. The standard InChI is InChI=1S/C30H39N3O5/c1-20(28(35)36)24-16-18-32(19-22-9-5-6-12-25(22)24)26(34)13-7-11-23-15-14-21-10-8-17-33(27(21)31-23)29(37)38-30(2,3)4/h5-6,9,12,14-15,20,24H,7-8,10-11,13,16-19H2,1-4H3,(H,35,36). The van der Waals surface area contributed by atoms with Crippen molar-refractivity contribution in [3.05, 3.63) is 58.8 Å². The lowest BCUT2D eigenvalue weighted by Gasteiger charge is -2.31. The molecule has 0 fully saturated rings. The number of benzene rings is 1. The molecule has 2 amide bonds. The number of fused-ring (bicyclic) bond motifs is 2. The van der Waals surface area contributed by atoms with Crippen molar-refractivity contribution in [1.29, 1.82) is 0 Å². The van der Waals surface area contributed by atoms with Gasteiger partial charge < -0.3 is 14.7 Å². The first-order chi connectivity index (χ1) is 18.0. The van der Waals surface area contributed by atoms with E-state index in [0.717, 1.165) is 35.2 Å². The number of amides is 2. The van der Waals surface area contributed by atoms with Crippen LogP contribution in [0.15, 0.2) is 36.4 Å². The molecule has 204 valence electrons. The van der Waals surface area contributed by atoms with Gasteiger partial charge in [-0.3, -0.25) is 14.5 Å². The van der Waals surface area contributed by atoms with Crippen LogP contribution in [-0.2, 0) is 33.7 Å². The van der Waals surface area contributed by atoms with E-state index >= 15 is 0 Å². The Hall–Kier alpha value is -3.42. The number of carboxylic acid groups (broad SMARTS) is 1. The Balaban J connectivity index is 1.39. The molecule has 2 aromatic rings. The molecule has 38 heavy (non-hydrogen) atoms. The number of carboxylic acids is 1. The molecular formula is C30H39N3O5. The molecule has 1 aromatic heterocycles. The molecule has 0 aliphatic carbocycles. The van der Waals surface area contributed by atoms with Gasteiger partial charge in [-0.05, 0) is 81.5 Å². The summed E-state index contributed by atoms with van der Waals surface area (Å²) in [5, 5.41) is 9.61. The quantitative estimate of drug-likeness (QED) is 0.552. The molecule has 3 heterocycles. The van der Waals surface area contributed by atoms with Crippen LogP contribution in [-0.4, -0.2) is 51.7 Å². The third-order valence-corrected chi connectivity index (χ3v) is 7.41. The van der Waals surface area contributed by atoms with Gasteiger partial charge in [0.15, 0.2) is 0 Å². The van der Waals surface area contributed by atoms with E-state index in [4.69, 9.17) is 9.72 Å². The zero-order chi connectivity index (χ0) is 27.4. The fraction of sp³-hybridized carbons (Fsp3) is 0.533. The van der Waals surface area contributed by atoms with Crippen LogP contribution in [0.5, 0.6) is 0 Å². The number of aromatic nitrogens is 1. The number of hydrogen-bond donors (Lipinski definition) is 1. The van der Waals surface area contributed by atoms with Crippen LogP contribution >= 0.6 is 0 Å². The van der Waals surface area contributed by atoms with Crippen molar-refractivity contribution in [3.63, 3.8) is 0 Å². The lowest BCUT2D eigenvalue weighted by molar-refractivity contribution is -0.142. The largest absolute Gasteiger partial charge is 0.481 e. The molecule has 2 aliphatic rings. The molecule has 8 heteroatoms. The second kappa shape index (κ2) is 11.5. The first-order valence-electron chi connectivity index (χ1n) is 13.6. The third kappa shape index (κ3) is 6.52. The highest BCUT2D eigenvalue weighted by atomic mass is 16.6. The van der Waals surface area contributed by atoms with Crippen molar-refractivity contribution < 1.29 is 24.2 Å². The Morgan fingerprint density at radius 3 is 2.61 bits per heavy atom. The average Bonchev–Trinajstić information content (AvgIpc) is 3.06. The Labute approximate surface area is 225 Å². The van der Waals surface area contributed by atoms with E-state index in [1.807, 2.05) is 62.1 Å². The highest BCUT2D eigenvalue weighted by molar-refractivity contribution is 5.88. The van der Waals surface area contributed by atoms with Crippen LogP contribution in [0, 0.1) is 5.92 Å². The molecule has 1 N–H and O–H groups in total. The number of aliphatic carboxylic acids is 1. The molecule has 1 aromatic carbocycles. The number of nitrogens with zero attached hydrogens (tertiary/aromatic N) is 3. The molecule has 2 aliphatic heterocycles. The van der Waals surface area contributed by atoms with Gasteiger partial charge in [0.05, 0.1) is 5.92 Å². The summed E-state index contributed by atoms with van der Waals surface area (Å²) in [6.45, 7) is 8.92. The SMILES string of the molecule is CC(C(=O)O)C1CCN(C(=O)CCCc2ccc3c(n2)N(C(=O)OC(C)(C)C)CCC3)Cc2ccccc21. The first-order valence-corrected chi connectivity index (χ1v) is 13.6. The van der Waals surface area contributed by atoms with Gasteiger partial charge in [0.2, 0.25) is 5.91 Å². The van der Waals surface area contributed by atoms with E-state index in [-0.39, 0.29) is 17.9 Å². The molecule has 0 spiro atoms. The minimum atomic E-state index is -0.813. The van der Waals surface area contributed by atoms with Crippen LogP contribution in [0.3, 0.4) is 0 Å². The Kier molecular flexibility index (Phi) is 8.38. The number of carbonyl (C=O) groups excluding carboxylic acids is 2. The van der Waals surface area contributed by atoms with Crippen molar-refractivity contribution in [2.24, 2.45) is 5.92 Å². The number of aryl methyl sites for hydroxylation is 2. The van der Waals surface area contributed by atoms with E-state index in [9.17, 15) is 19.5 Å². The first kappa shape index (κ1) is 27.6. The second-order valence-corrected chi connectivity index (χ2v) is 11.4. The maximum Gasteiger partial charge on any atom is 0.416 e. The molecule has 0 bridgehead atoms. The van der Waals surface area contributed by atoms with E-state index in [1.54, 1.807) is 11.8 Å². The Morgan fingerprint density at radius 2 is 1.87 bits per heavy atom. The molecule has 8 nitrogen and oxygen atoms in total. The molecule has 2 atom stereocenters. The van der Waals surface area contributed by atoms with E-state index in [0.29, 0.717) is 51.1 Å². The van der Waals surface area contributed by atoms with Gasteiger partial charge in [-0.2, -0.15) is 0 Å². The smallest absolute Gasteiger partial charge is 0.416 e. The van der Waals surface area contributed by atoms with Crippen LogP contribution in [0.1, 0.15) is 81.7 Å². The fourth-order valence-electron chi connectivity index (χ4n) is 5.37. The number of carbonyl (C=O) groups is 3. The predicted molar refractivity (Wildman–Crippen MR) is 145 cm³/mol. The maximum absolute atomic E-state index is 13.2. The van der Waals surface area contributed by atoms with Gasteiger partial charge in [-0.1, -0.05) is 37.3 Å². The highest BCUT2D eigenvalue weighted by Gasteiger charge is 2.31. The topological polar surface area (TPSA) is 100 Å². The van der Waals surface area contributed by atoms with Crippen molar-refractivity contribution in [2.45, 2.75) is 84.3 Å². The van der Waals surface area contributed by atoms with E-state index < -0.39 is 17.5 Å². The van der Waals surface area contributed by atoms with Crippen LogP contribution in [0.2, 0.25) is 0 Å². The summed E-state index contributed by atoms with van der Waals surface area (Å²) < 4.78 is 5.59. The minimum absolute atomic E-state index is 0.0665. The summed E-state index contributed by atoms with van der Waals surface area (Å²) in [4.78, 5) is 45.9. The summed E-state index contributed by atoms with van der Waals surface area (Å²) in [6.07, 6.45) is 3.65. The van der Waals surface area contributed by atoms with Gasteiger partial charge in [-0.15, -0.1) is 0 Å². The Bertz CT molecular complexity index is 1190. The van der Waals surface area contributed by atoms with Gasteiger partial charge in [-0.25, -0.2) is 9.78 Å². The van der Waals surface area contributed by atoms with Crippen LogP contribution < -0.4 is 4.90 Å². The van der Waals surface area contributed by atoms with E-state index in [2.05, 4.69) is 0 Å². The summed E-state index contributed by atoms with van der Waals surface area (Å²) in [6, 6.07) is 11.9. The number of anilines is 1. The third-order valence-electron chi connectivity index (χ3n) is 7.41. The van der Waals surface area contributed by atoms with Crippen molar-refractivity contribution in [3.8, 4) is 0 Å². The summed E-state index contributed by atoms with van der Waals surface area (Å²) in [5.74, 6) is -0.711.